The van der Waals surface area contributed by atoms with Crippen LogP contribution in [0.4, 0.5) is 34.1 Å². The molecule has 72 heavy (non-hydrogen) atoms. The van der Waals surface area contributed by atoms with E-state index >= 15 is 0 Å². The van der Waals surface area contributed by atoms with Crippen LogP contribution < -0.4 is 25.5 Å². The van der Waals surface area contributed by atoms with Gasteiger partial charge in [-0.1, -0.05) is 211 Å². The average Bonchev–Trinajstić information content (AvgIpc) is 4.04. The Bertz CT molecular complexity index is 3810. The van der Waals surface area contributed by atoms with Crippen molar-refractivity contribution in [2.45, 2.75) is 64.7 Å². The summed E-state index contributed by atoms with van der Waals surface area (Å²) in [7, 11) is 0. The maximum Gasteiger partial charge on any atom is 0.264 e. The number of hydrogen-bond acceptors (Lipinski definition) is 3. The third-order valence-corrected chi connectivity index (χ3v) is 17.6. The predicted molar refractivity (Wildman–Crippen MR) is 308 cm³/mol. The Morgan fingerprint density at radius 3 is 1.68 bits per heavy atom. The molecule has 10 aromatic rings. The highest BCUT2D eigenvalue weighted by Gasteiger charge is 2.57. The van der Waals surface area contributed by atoms with Crippen molar-refractivity contribution >= 4 is 67.9 Å². The molecule has 0 atom stereocenters. The first-order valence-corrected chi connectivity index (χ1v) is 26.4. The largest absolute Gasteiger partial charge is 0.311 e. The molecule has 9 aromatic carbocycles. The second-order valence-electron chi connectivity index (χ2n) is 22.5. The molecule has 346 valence electrons. The van der Waals surface area contributed by atoms with E-state index in [4.69, 9.17) is 0 Å². The molecule has 0 amide bonds. The van der Waals surface area contributed by atoms with Crippen molar-refractivity contribution in [2.75, 3.05) is 9.80 Å². The van der Waals surface area contributed by atoms with Gasteiger partial charge >= 0.3 is 0 Å². The number of hydrogen-bond donors (Lipinski definition) is 0. The minimum Gasteiger partial charge on any atom is -0.311 e. The van der Waals surface area contributed by atoms with E-state index in [9.17, 15) is 0 Å². The third kappa shape index (κ3) is 6.02. The van der Waals surface area contributed by atoms with Gasteiger partial charge in [-0.25, -0.2) is 0 Å². The Labute approximate surface area is 429 Å². The minimum atomic E-state index is -0.488. The van der Waals surface area contributed by atoms with E-state index in [0.29, 0.717) is 0 Å². The van der Waals surface area contributed by atoms with Gasteiger partial charge < -0.3 is 9.80 Å². The molecule has 14 rings (SSSR count). The summed E-state index contributed by atoms with van der Waals surface area (Å²) in [5, 5.41) is 0. The van der Waals surface area contributed by atoms with Crippen molar-refractivity contribution in [3.63, 3.8) is 0 Å². The zero-order valence-corrected chi connectivity index (χ0v) is 42.8. The SMILES string of the molecule is Cc1ccc(N2c3cccc4c3B(c3ccc(-c5cc(C(C)(C)C)ccc5-c5ccccc5)cc3N4c3ccccc3)c3sc4c(c32)-c2ccc(C(C)(C)C)cc2C42c3ccccc3-c3ccccc32)cc1. The first kappa shape index (κ1) is 43.2. The normalized spacial score (nSPS) is 14.3. The molecule has 4 aliphatic rings. The summed E-state index contributed by atoms with van der Waals surface area (Å²) >= 11 is 2.06. The fourth-order valence-electron chi connectivity index (χ4n) is 12.8. The molecule has 0 radical (unpaired) electrons. The molecule has 1 aromatic heterocycles. The lowest BCUT2D eigenvalue weighted by Gasteiger charge is -2.43. The minimum absolute atomic E-state index is 0.0182. The smallest absolute Gasteiger partial charge is 0.264 e. The summed E-state index contributed by atoms with van der Waals surface area (Å²) in [5.74, 6) is 0. The van der Waals surface area contributed by atoms with Crippen molar-refractivity contribution in [1.29, 1.82) is 0 Å². The second-order valence-corrected chi connectivity index (χ2v) is 23.6. The first-order chi connectivity index (χ1) is 34.9. The number of rotatable bonds is 4. The molecule has 0 saturated carbocycles. The van der Waals surface area contributed by atoms with E-state index in [2.05, 4.69) is 276 Å². The third-order valence-electron chi connectivity index (χ3n) is 16.2. The van der Waals surface area contributed by atoms with Gasteiger partial charge in [0.25, 0.3) is 6.71 Å². The second kappa shape index (κ2) is 15.4. The highest BCUT2D eigenvalue weighted by atomic mass is 32.1. The number of anilines is 6. The molecule has 0 N–H and O–H groups in total. The molecule has 2 aliphatic carbocycles. The molecule has 0 unspecified atom stereocenters. The quantitative estimate of drug-likeness (QED) is 0.162. The fourth-order valence-corrected chi connectivity index (χ4v) is 14.5. The topological polar surface area (TPSA) is 6.48 Å². The molecule has 0 fully saturated rings. The van der Waals surface area contributed by atoms with Crippen molar-refractivity contribution in [2.24, 2.45) is 0 Å². The van der Waals surface area contributed by atoms with Gasteiger partial charge in [0.2, 0.25) is 0 Å². The Morgan fingerprint density at radius 2 is 1.01 bits per heavy atom. The van der Waals surface area contributed by atoms with Crippen LogP contribution in [0.1, 0.15) is 79.8 Å². The van der Waals surface area contributed by atoms with Crippen LogP contribution in [-0.4, -0.2) is 6.71 Å². The lowest BCUT2D eigenvalue weighted by molar-refractivity contribution is 0.588. The zero-order valence-electron chi connectivity index (χ0n) is 42.0. The van der Waals surface area contributed by atoms with Gasteiger partial charge in [0.15, 0.2) is 0 Å². The number of para-hydroxylation sites is 1. The van der Waals surface area contributed by atoms with Crippen LogP contribution in [-0.2, 0) is 16.2 Å². The number of aryl methyl sites for hydroxylation is 1. The van der Waals surface area contributed by atoms with E-state index in [-0.39, 0.29) is 17.5 Å². The van der Waals surface area contributed by atoms with Crippen LogP contribution in [0, 0.1) is 6.92 Å². The Morgan fingerprint density at radius 1 is 0.431 bits per heavy atom. The van der Waals surface area contributed by atoms with E-state index in [1.165, 1.54) is 127 Å². The van der Waals surface area contributed by atoms with Crippen LogP contribution >= 0.6 is 11.3 Å². The number of fused-ring (bicyclic) bond motifs is 15. The lowest BCUT2D eigenvalue weighted by Crippen LogP contribution is -2.60. The molecule has 0 bridgehead atoms. The van der Waals surface area contributed by atoms with Gasteiger partial charge in [-0.3, -0.25) is 0 Å². The molecule has 1 spiro atoms. The van der Waals surface area contributed by atoms with E-state index in [1.54, 1.807) is 0 Å². The summed E-state index contributed by atoms with van der Waals surface area (Å²) in [6.07, 6.45) is 0. The number of benzene rings is 9. The summed E-state index contributed by atoms with van der Waals surface area (Å²) in [6.45, 7) is 16.2. The van der Waals surface area contributed by atoms with Gasteiger partial charge in [-0.2, -0.15) is 0 Å². The monoisotopic (exact) mass is 942 g/mol. The molecular weight excluding hydrogens is 888 g/mol. The molecular formula is C68H55BN2S. The molecule has 4 heteroatoms. The van der Waals surface area contributed by atoms with Crippen molar-refractivity contribution in [3.05, 3.63) is 245 Å². The van der Waals surface area contributed by atoms with Gasteiger partial charge in [0, 0.05) is 43.7 Å². The summed E-state index contributed by atoms with van der Waals surface area (Å²) in [4.78, 5) is 6.62. The van der Waals surface area contributed by atoms with Crippen molar-refractivity contribution < 1.29 is 0 Å². The standard InChI is InChI=1S/C68H55BN2S/c1-42-29-34-48(35-30-42)71-59-28-18-27-58-62(59)69(57-38-31-44(39-60(57)70(58)47-21-12-9-13-22-47)53-40-45(66(2,3)4)32-36-49(53)43-19-10-8-11-20-43)65-63(71)61-52-37-33-46(67(5,6)7)41-56(52)68(64(61)72-65)54-25-16-14-23-50(54)51-24-15-17-26-55(51)68/h8-41H,1-7H3. The molecule has 2 aliphatic heterocycles. The molecule has 2 nitrogen and oxygen atoms in total. The Balaban J connectivity index is 1.10. The zero-order chi connectivity index (χ0) is 48.8. The average molecular weight is 943 g/mol. The Hall–Kier alpha value is -7.66. The van der Waals surface area contributed by atoms with E-state index < -0.39 is 5.41 Å². The van der Waals surface area contributed by atoms with Gasteiger partial charge in [0.1, 0.15) is 0 Å². The fraction of sp³-hybridized carbons (Fsp3) is 0.147. The highest BCUT2D eigenvalue weighted by molar-refractivity contribution is 7.30. The van der Waals surface area contributed by atoms with Crippen molar-refractivity contribution in [3.8, 4) is 44.5 Å². The summed E-state index contributed by atoms with van der Waals surface area (Å²) in [6, 6.07) is 78.8. The number of nitrogens with zero attached hydrogens (tertiary/aromatic N) is 2. The van der Waals surface area contributed by atoms with Crippen molar-refractivity contribution in [1.82, 2.24) is 0 Å². The summed E-state index contributed by atoms with van der Waals surface area (Å²) < 4.78 is 1.40. The van der Waals surface area contributed by atoms with Gasteiger partial charge in [-0.15, -0.1) is 11.3 Å². The van der Waals surface area contributed by atoms with Crippen LogP contribution in [0.2, 0.25) is 0 Å². The van der Waals surface area contributed by atoms with E-state index in [0.717, 1.165) is 5.69 Å². The lowest BCUT2D eigenvalue weighted by atomic mass is 9.36. The summed E-state index contributed by atoms with van der Waals surface area (Å²) in [5.41, 5.74) is 27.8. The van der Waals surface area contributed by atoms with Crippen LogP contribution in [0.15, 0.2) is 206 Å². The maximum atomic E-state index is 2.64. The molecule has 0 saturated heterocycles. The molecule has 3 heterocycles. The van der Waals surface area contributed by atoms with E-state index in [1.807, 2.05) is 0 Å². The predicted octanol–water partition coefficient (Wildman–Crippen LogP) is 16.4. The Kier molecular flexibility index (Phi) is 9.25. The number of thiophene rings is 1. The van der Waals surface area contributed by atoms with Crippen LogP contribution in [0.25, 0.3) is 44.5 Å². The van der Waals surface area contributed by atoms with Gasteiger partial charge in [-0.05, 0) is 138 Å². The first-order valence-electron chi connectivity index (χ1n) is 25.6. The highest BCUT2D eigenvalue weighted by Crippen LogP contribution is 2.67. The van der Waals surface area contributed by atoms with Crippen LogP contribution in [0.5, 0.6) is 0 Å². The van der Waals surface area contributed by atoms with Gasteiger partial charge in [0.05, 0.1) is 11.1 Å². The maximum absolute atomic E-state index is 2.64. The van der Waals surface area contributed by atoms with Crippen LogP contribution in [0.3, 0.4) is 0 Å².